The maximum Gasteiger partial charge on any atom is 0.180 e. The fourth-order valence-corrected chi connectivity index (χ4v) is 3.96. The molecule has 5 rings (SSSR count). The maximum atomic E-state index is 14.9. The van der Waals surface area contributed by atoms with E-state index in [4.69, 9.17) is 4.74 Å². The van der Waals surface area contributed by atoms with Crippen molar-refractivity contribution in [3.63, 3.8) is 0 Å². The van der Waals surface area contributed by atoms with E-state index in [2.05, 4.69) is 24.3 Å². The lowest BCUT2D eigenvalue weighted by atomic mass is 9.82. The molecule has 1 aliphatic rings. The number of benzene rings is 4. The van der Waals surface area contributed by atoms with Crippen molar-refractivity contribution in [2.75, 3.05) is 0 Å². The average molecular weight is 366 g/mol. The Labute approximate surface area is 163 Å². The molecule has 2 heteroatoms. The van der Waals surface area contributed by atoms with Crippen molar-refractivity contribution in [3.05, 3.63) is 119 Å². The van der Waals surface area contributed by atoms with Crippen molar-refractivity contribution in [2.24, 2.45) is 0 Å². The Morgan fingerprint density at radius 1 is 0.786 bits per heavy atom. The normalized spacial score (nSPS) is 17.9. The van der Waals surface area contributed by atoms with Crippen molar-refractivity contribution >= 4 is 16.8 Å². The standard InChI is InChI=1S/C26H19FO/c1-18-10-13-20(14-11-18)26(23-8-4-5-9-24(23)27)17-16-22-21-7-3-2-6-19(21)12-15-25(22)28-26/h2-17H,1H3. The van der Waals surface area contributed by atoms with Gasteiger partial charge in [0.05, 0.1) is 0 Å². The largest absolute Gasteiger partial charge is 0.473 e. The number of rotatable bonds is 2. The van der Waals surface area contributed by atoms with Crippen LogP contribution < -0.4 is 4.74 Å². The van der Waals surface area contributed by atoms with Crippen molar-refractivity contribution in [1.29, 1.82) is 0 Å². The third kappa shape index (κ3) is 2.53. The molecule has 4 aromatic rings. The molecule has 0 radical (unpaired) electrons. The molecule has 0 saturated heterocycles. The smallest absolute Gasteiger partial charge is 0.180 e. The maximum absolute atomic E-state index is 14.9. The summed E-state index contributed by atoms with van der Waals surface area (Å²) >= 11 is 0. The molecule has 1 unspecified atom stereocenters. The molecule has 1 aliphatic heterocycles. The minimum atomic E-state index is -1.01. The van der Waals surface area contributed by atoms with Crippen molar-refractivity contribution in [2.45, 2.75) is 12.5 Å². The fraction of sp³-hybridized carbons (Fsp3) is 0.0769. The van der Waals surface area contributed by atoms with E-state index >= 15 is 0 Å². The second-order valence-electron chi connectivity index (χ2n) is 7.22. The first-order valence-corrected chi connectivity index (χ1v) is 9.39. The molecule has 0 saturated carbocycles. The molecule has 4 aromatic carbocycles. The van der Waals surface area contributed by atoms with E-state index in [9.17, 15) is 4.39 Å². The fourth-order valence-electron chi connectivity index (χ4n) is 3.96. The lowest BCUT2D eigenvalue weighted by Crippen LogP contribution is -2.35. The Balaban J connectivity index is 1.76. The molecular weight excluding hydrogens is 347 g/mol. The zero-order valence-electron chi connectivity index (χ0n) is 15.5. The van der Waals surface area contributed by atoms with Crippen LogP contribution in [-0.4, -0.2) is 0 Å². The van der Waals surface area contributed by atoms with Gasteiger partial charge in [-0.1, -0.05) is 78.4 Å². The van der Waals surface area contributed by atoms with Gasteiger partial charge < -0.3 is 4.74 Å². The van der Waals surface area contributed by atoms with Crippen LogP contribution in [0, 0.1) is 12.7 Å². The first-order chi connectivity index (χ1) is 13.7. The van der Waals surface area contributed by atoms with Crippen LogP contribution in [0.4, 0.5) is 4.39 Å². The zero-order chi connectivity index (χ0) is 19.1. The van der Waals surface area contributed by atoms with Gasteiger partial charge in [0.15, 0.2) is 5.60 Å². The van der Waals surface area contributed by atoms with Gasteiger partial charge in [-0.25, -0.2) is 4.39 Å². The molecule has 1 atom stereocenters. The van der Waals surface area contributed by atoms with Crippen LogP contribution in [0.1, 0.15) is 22.3 Å². The molecule has 0 bridgehead atoms. The molecule has 1 heterocycles. The van der Waals surface area contributed by atoms with Gasteiger partial charge in [-0.05, 0) is 42.0 Å². The summed E-state index contributed by atoms with van der Waals surface area (Å²) in [6.07, 6.45) is 4.04. The molecule has 0 N–H and O–H groups in total. The summed E-state index contributed by atoms with van der Waals surface area (Å²) in [6, 6.07) is 27.2. The molecule has 0 aliphatic carbocycles. The van der Waals surface area contributed by atoms with Crippen LogP contribution >= 0.6 is 0 Å². The van der Waals surface area contributed by atoms with E-state index in [1.165, 1.54) is 6.07 Å². The number of fused-ring (bicyclic) bond motifs is 3. The number of halogens is 1. The van der Waals surface area contributed by atoms with Gasteiger partial charge in [-0.15, -0.1) is 0 Å². The summed E-state index contributed by atoms with van der Waals surface area (Å²) < 4.78 is 21.5. The topological polar surface area (TPSA) is 9.23 Å². The Hall–Kier alpha value is -3.39. The van der Waals surface area contributed by atoms with E-state index in [1.54, 1.807) is 12.1 Å². The highest BCUT2D eigenvalue weighted by atomic mass is 19.1. The number of hydrogen-bond donors (Lipinski definition) is 0. The highest BCUT2D eigenvalue weighted by Gasteiger charge is 2.39. The highest BCUT2D eigenvalue weighted by molar-refractivity contribution is 5.94. The molecule has 28 heavy (non-hydrogen) atoms. The third-order valence-electron chi connectivity index (χ3n) is 5.44. The summed E-state index contributed by atoms with van der Waals surface area (Å²) in [6.45, 7) is 2.04. The second-order valence-corrected chi connectivity index (χ2v) is 7.22. The van der Waals surface area contributed by atoms with Crippen molar-refractivity contribution in [1.82, 2.24) is 0 Å². The summed E-state index contributed by atoms with van der Waals surface area (Å²) in [7, 11) is 0. The van der Waals surface area contributed by atoms with Crippen LogP contribution in [0.3, 0.4) is 0 Å². The Morgan fingerprint density at radius 3 is 2.36 bits per heavy atom. The summed E-state index contributed by atoms with van der Waals surface area (Å²) in [5, 5.41) is 2.28. The minimum absolute atomic E-state index is 0.281. The lowest BCUT2D eigenvalue weighted by Gasteiger charge is -2.36. The summed E-state index contributed by atoms with van der Waals surface area (Å²) in [5.41, 5.74) is 2.58. The van der Waals surface area contributed by atoms with Gasteiger partial charge >= 0.3 is 0 Å². The minimum Gasteiger partial charge on any atom is -0.473 e. The molecular formula is C26H19FO. The lowest BCUT2D eigenvalue weighted by molar-refractivity contribution is 0.156. The first-order valence-electron chi connectivity index (χ1n) is 9.39. The van der Waals surface area contributed by atoms with Gasteiger partial charge in [-0.3, -0.25) is 0 Å². The van der Waals surface area contributed by atoms with Gasteiger partial charge in [0, 0.05) is 16.7 Å². The molecule has 0 aromatic heterocycles. The predicted octanol–water partition coefficient (Wildman–Crippen LogP) is 6.64. The third-order valence-corrected chi connectivity index (χ3v) is 5.44. The summed E-state index contributed by atoms with van der Waals surface area (Å²) in [4.78, 5) is 0. The number of ether oxygens (including phenoxy) is 1. The van der Waals surface area contributed by atoms with Crippen LogP contribution in [0.15, 0.2) is 91.0 Å². The van der Waals surface area contributed by atoms with Gasteiger partial charge in [0.25, 0.3) is 0 Å². The number of hydrogen-bond acceptors (Lipinski definition) is 1. The van der Waals surface area contributed by atoms with Gasteiger partial charge in [-0.2, -0.15) is 0 Å². The van der Waals surface area contributed by atoms with E-state index in [0.717, 1.165) is 33.2 Å². The van der Waals surface area contributed by atoms with Crippen molar-refractivity contribution < 1.29 is 9.13 Å². The predicted molar refractivity (Wildman–Crippen MR) is 112 cm³/mol. The van der Waals surface area contributed by atoms with Gasteiger partial charge in [0.2, 0.25) is 0 Å². The van der Waals surface area contributed by atoms with Crippen molar-refractivity contribution in [3.8, 4) is 5.75 Å². The average Bonchev–Trinajstić information content (AvgIpc) is 2.74. The quantitative estimate of drug-likeness (QED) is 0.386. The Morgan fingerprint density at radius 2 is 1.54 bits per heavy atom. The summed E-state index contributed by atoms with van der Waals surface area (Å²) in [5.74, 6) is 0.474. The van der Waals surface area contributed by atoms with Crippen LogP contribution in [0.2, 0.25) is 0 Å². The Bertz CT molecular complexity index is 1210. The molecule has 0 amide bonds. The van der Waals surface area contributed by atoms with E-state index in [1.807, 2.05) is 61.5 Å². The highest BCUT2D eigenvalue weighted by Crippen LogP contribution is 2.44. The monoisotopic (exact) mass is 366 g/mol. The second kappa shape index (κ2) is 6.35. The van der Waals surface area contributed by atoms with E-state index in [-0.39, 0.29) is 5.82 Å². The van der Waals surface area contributed by atoms with Crippen LogP contribution in [0.25, 0.3) is 16.8 Å². The SMILES string of the molecule is Cc1ccc(C2(c3ccccc3F)C=Cc3c(ccc4ccccc34)O2)cc1. The molecule has 0 fully saturated rings. The Kier molecular flexibility index (Phi) is 3.80. The molecule has 136 valence electrons. The number of aryl methyl sites for hydroxylation is 1. The van der Waals surface area contributed by atoms with E-state index < -0.39 is 5.60 Å². The zero-order valence-corrected chi connectivity index (χ0v) is 15.5. The van der Waals surface area contributed by atoms with E-state index in [0.29, 0.717) is 5.56 Å². The van der Waals surface area contributed by atoms with Crippen LogP contribution in [-0.2, 0) is 5.60 Å². The molecule has 0 spiro atoms. The first kappa shape index (κ1) is 16.8. The van der Waals surface area contributed by atoms with Crippen LogP contribution in [0.5, 0.6) is 5.75 Å². The van der Waals surface area contributed by atoms with Gasteiger partial charge in [0.1, 0.15) is 11.6 Å². The molecule has 1 nitrogen and oxygen atoms in total.